The number of ether oxygens (including phenoxy) is 1. The molecule has 2 aliphatic rings. The van der Waals surface area contributed by atoms with Gasteiger partial charge >= 0.3 is 5.97 Å². The molecule has 0 radical (unpaired) electrons. The van der Waals surface area contributed by atoms with Gasteiger partial charge in [0, 0.05) is 21.9 Å². The number of rotatable bonds is 5. The van der Waals surface area contributed by atoms with E-state index in [1.54, 1.807) is 0 Å². The Morgan fingerprint density at radius 3 is 2.71 bits per heavy atom. The van der Waals surface area contributed by atoms with Crippen LogP contribution in [0.1, 0.15) is 55.3 Å². The Hall–Kier alpha value is -2.52. The number of carboxylic acid groups (broad SMARTS) is 1. The largest absolute Gasteiger partial charge is 0.478 e. The summed E-state index contributed by atoms with van der Waals surface area (Å²) in [5.74, 6) is -0.308. The first-order valence-electron chi connectivity index (χ1n) is 9.28. The second-order valence-corrected chi connectivity index (χ2v) is 8.30. The molecule has 0 saturated carbocycles. The molecule has 9 heteroatoms. The number of fused-ring (bicyclic) bond motifs is 1. The van der Waals surface area contributed by atoms with Crippen LogP contribution >= 0.6 is 11.3 Å². The van der Waals surface area contributed by atoms with Crippen molar-refractivity contribution >= 4 is 28.2 Å². The van der Waals surface area contributed by atoms with Crippen molar-refractivity contribution in [2.75, 3.05) is 11.9 Å². The Balaban J connectivity index is 1.72. The lowest BCUT2D eigenvalue weighted by Crippen LogP contribution is -2.16. The van der Waals surface area contributed by atoms with E-state index in [4.69, 9.17) is 9.26 Å². The summed E-state index contributed by atoms with van der Waals surface area (Å²) >= 11 is 1.42. The fourth-order valence-electron chi connectivity index (χ4n) is 3.53. The maximum Gasteiger partial charge on any atom is 0.332 e. The molecule has 8 nitrogen and oxygen atoms in total. The van der Waals surface area contributed by atoms with Crippen LogP contribution in [0.3, 0.4) is 0 Å². The number of aromatic nitrogens is 2. The summed E-state index contributed by atoms with van der Waals surface area (Å²) in [6.07, 6.45) is 2.25. The van der Waals surface area contributed by atoms with Crippen LogP contribution in [0, 0.1) is 0 Å². The number of hydrogen-bond acceptors (Lipinski definition) is 7. The van der Waals surface area contributed by atoms with E-state index in [0.29, 0.717) is 61.2 Å². The summed E-state index contributed by atoms with van der Waals surface area (Å²) in [5, 5.41) is 16.9. The number of amides is 1. The molecule has 1 aliphatic carbocycles. The first-order chi connectivity index (χ1) is 13.5. The van der Waals surface area contributed by atoms with Gasteiger partial charge in [0.1, 0.15) is 5.00 Å². The van der Waals surface area contributed by atoms with E-state index in [-0.39, 0.29) is 17.4 Å². The molecule has 4 rings (SSSR count). The van der Waals surface area contributed by atoms with Crippen LogP contribution in [-0.2, 0) is 27.4 Å². The van der Waals surface area contributed by atoms with Gasteiger partial charge in [-0.3, -0.25) is 4.79 Å². The van der Waals surface area contributed by atoms with Gasteiger partial charge in [0.15, 0.2) is 5.82 Å². The number of carbonyl (C=O) groups excluding carboxylic acids is 1. The third kappa shape index (κ3) is 3.35. The van der Waals surface area contributed by atoms with E-state index in [2.05, 4.69) is 15.5 Å². The smallest absolute Gasteiger partial charge is 0.332 e. The molecule has 0 aromatic carbocycles. The molecule has 2 aromatic heterocycles. The molecule has 0 unspecified atom stereocenters. The molecule has 2 aromatic rings. The van der Waals surface area contributed by atoms with E-state index >= 15 is 0 Å². The van der Waals surface area contributed by atoms with Crippen LogP contribution in [0.25, 0.3) is 11.5 Å². The lowest BCUT2D eigenvalue weighted by molar-refractivity contribution is -0.133. The molecule has 3 heterocycles. The summed E-state index contributed by atoms with van der Waals surface area (Å²) in [5.41, 5.74) is 2.31. The average molecular weight is 403 g/mol. The maximum absolute atomic E-state index is 12.8. The molecule has 0 spiro atoms. The lowest BCUT2D eigenvalue weighted by atomic mass is 10.1. The van der Waals surface area contributed by atoms with Gasteiger partial charge in [-0.15, -0.1) is 11.3 Å². The van der Waals surface area contributed by atoms with Crippen molar-refractivity contribution in [3.63, 3.8) is 0 Å². The Morgan fingerprint density at radius 1 is 1.21 bits per heavy atom. The van der Waals surface area contributed by atoms with Gasteiger partial charge in [-0.25, -0.2) is 4.79 Å². The van der Waals surface area contributed by atoms with Gasteiger partial charge in [0.05, 0.1) is 18.8 Å². The molecule has 2 N–H and O–H groups in total. The van der Waals surface area contributed by atoms with Crippen LogP contribution in [0.5, 0.6) is 0 Å². The average Bonchev–Trinajstić information content (AvgIpc) is 3.38. The number of thiophene rings is 1. The van der Waals surface area contributed by atoms with E-state index < -0.39 is 5.97 Å². The molecule has 1 amide bonds. The van der Waals surface area contributed by atoms with Gasteiger partial charge in [-0.1, -0.05) is 19.0 Å². The van der Waals surface area contributed by atoms with Gasteiger partial charge in [-0.2, -0.15) is 4.98 Å². The number of carbonyl (C=O) groups is 2. The highest BCUT2D eigenvalue weighted by Crippen LogP contribution is 2.43. The zero-order chi connectivity index (χ0) is 19.8. The van der Waals surface area contributed by atoms with Crippen molar-refractivity contribution in [2.24, 2.45) is 0 Å². The van der Waals surface area contributed by atoms with E-state index in [9.17, 15) is 14.7 Å². The molecule has 1 aliphatic heterocycles. The predicted molar refractivity (Wildman–Crippen MR) is 102 cm³/mol. The summed E-state index contributed by atoms with van der Waals surface area (Å²) < 4.78 is 11.0. The van der Waals surface area contributed by atoms with Gasteiger partial charge in [-0.05, 0) is 31.2 Å². The fourth-order valence-corrected chi connectivity index (χ4v) is 4.70. The number of hydrogen-bond donors (Lipinski definition) is 2. The van der Waals surface area contributed by atoms with E-state index in [1.807, 2.05) is 13.8 Å². The summed E-state index contributed by atoms with van der Waals surface area (Å²) in [4.78, 5) is 29.7. The van der Waals surface area contributed by atoms with Crippen molar-refractivity contribution in [1.82, 2.24) is 10.1 Å². The van der Waals surface area contributed by atoms with Crippen molar-refractivity contribution in [1.29, 1.82) is 0 Å². The third-order valence-electron chi connectivity index (χ3n) is 4.97. The quantitative estimate of drug-likeness (QED) is 0.785. The van der Waals surface area contributed by atoms with Crippen molar-refractivity contribution in [3.8, 4) is 11.5 Å². The van der Waals surface area contributed by atoms with Crippen molar-refractivity contribution < 1.29 is 24.0 Å². The number of nitrogens with zero attached hydrogens (tertiary/aromatic N) is 2. The highest BCUT2D eigenvalue weighted by Gasteiger charge is 2.30. The second kappa shape index (κ2) is 7.48. The number of nitrogens with one attached hydrogen (secondary N) is 1. The SMILES string of the molecule is CC(C)c1noc(-c2c(NC(=O)C3=C(C(=O)O)CCC3)sc3c2CCOC3)n1. The molecule has 0 saturated heterocycles. The van der Waals surface area contributed by atoms with Crippen LogP contribution in [-0.4, -0.2) is 33.7 Å². The second-order valence-electron chi connectivity index (χ2n) is 7.19. The molecular weight excluding hydrogens is 382 g/mol. The normalized spacial score (nSPS) is 16.5. The summed E-state index contributed by atoms with van der Waals surface area (Å²) in [6, 6.07) is 0. The summed E-state index contributed by atoms with van der Waals surface area (Å²) in [7, 11) is 0. The molecule has 0 atom stereocenters. The Kier molecular flexibility index (Phi) is 5.03. The monoisotopic (exact) mass is 403 g/mol. The molecule has 0 bridgehead atoms. The molecule has 0 fully saturated rings. The zero-order valence-corrected chi connectivity index (χ0v) is 16.5. The first-order valence-corrected chi connectivity index (χ1v) is 10.1. The molecule has 28 heavy (non-hydrogen) atoms. The minimum Gasteiger partial charge on any atom is -0.478 e. The van der Waals surface area contributed by atoms with Crippen molar-refractivity contribution in [2.45, 2.75) is 52.1 Å². The topological polar surface area (TPSA) is 115 Å². The first kappa shape index (κ1) is 18.8. The van der Waals surface area contributed by atoms with Gasteiger partial charge in [0.2, 0.25) is 0 Å². The highest BCUT2D eigenvalue weighted by atomic mass is 32.1. The van der Waals surface area contributed by atoms with E-state index in [1.165, 1.54) is 11.3 Å². The molecule has 148 valence electrons. The molecular formula is C19H21N3O5S. The minimum absolute atomic E-state index is 0.120. The fraction of sp³-hybridized carbons (Fsp3) is 0.474. The third-order valence-corrected chi connectivity index (χ3v) is 6.09. The van der Waals surface area contributed by atoms with Crippen LogP contribution in [0.15, 0.2) is 15.7 Å². The van der Waals surface area contributed by atoms with Gasteiger partial charge in [0.25, 0.3) is 11.8 Å². The number of aliphatic carboxylic acids is 1. The Bertz CT molecular complexity index is 972. The standard InChI is InChI=1S/C19H21N3O5S/c1-9(2)15-20-17(27-22-15)14-12-6-7-26-8-13(12)28-18(14)21-16(23)10-4-3-5-11(10)19(24)25/h9H,3-8H2,1-2H3,(H,21,23)(H,24,25). The van der Waals surface area contributed by atoms with Crippen molar-refractivity contribution in [3.05, 3.63) is 27.4 Å². The van der Waals surface area contributed by atoms with E-state index in [0.717, 1.165) is 16.0 Å². The zero-order valence-electron chi connectivity index (χ0n) is 15.7. The van der Waals surface area contributed by atoms with Crippen LogP contribution < -0.4 is 5.32 Å². The lowest BCUT2D eigenvalue weighted by Gasteiger charge is -2.12. The van der Waals surface area contributed by atoms with Gasteiger partial charge < -0.3 is 19.7 Å². The predicted octanol–water partition coefficient (Wildman–Crippen LogP) is 3.50. The van der Waals surface area contributed by atoms with Crippen LogP contribution in [0.2, 0.25) is 0 Å². The Morgan fingerprint density at radius 2 is 2.00 bits per heavy atom. The minimum atomic E-state index is -1.03. The number of anilines is 1. The van der Waals surface area contributed by atoms with Crippen LogP contribution in [0.4, 0.5) is 5.00 Å². The highest BCUT2D eigenvalue weighted by molar-refractivity contribution is 7.17. The maximum atomic E-state index is 12.8. The number of carboxylic acids is 1. The Labute approximate surface area is 165 Å². The summed E-state index contributed by atoms with van der Waals surface area (Å²) in [6.45, 7) is 5.02.